The summed E-state index contributed by atoms with van der Waals surface area (Å²) in [4.78, 5) is 12.7. The fourth-order valence-electron chi connectivity index (χ4n) is 3.16. The number of rotatable bonds is 5. The van der Waals surface area contributed by atoms with Gasteiger partial charge in [0.25, 0.3) is 0 Å². The van der Waals surface area contributed by atoms with E-state index in [9.17, 15) is 13.2 Å². The average molecular weight is 541 g/mol. The molecule has 0 aliphatic carbocycles. The molecule has 1 fully saturated rings. The van der Waals surface area contributed by atoms with Crippen LogP contribution in [-0.4, -0.2) is 31.7 Å². The van der Waals surface area contributed by atoms with Crippen LogP contribution in [0.4, 0.5) is 5.69 Å². The maximum absolute atomic E-state index is 12.9. The SMILES string of the molecule is O=C(Nc1ccc(Br)c(Cl)c1)C1CCCN(S(=O)(=O)Cc2ccc(Cl)c(Cl)c2)C1. The third-order valence-corrected chi connectivity index (χ3v) is 8.46. The van der Waals surface area contributed by atoms with Gasteiger partial charge in [-0.2, -0.15) is 0 Å². The fourth-order valence-corrected chi connectivity index (χ4v) is 5.50. The molecule has 0 spiro atoms. The highest BCUT2D eigenvalue weighted by Crippen LogP contribution is 2.28. The fraction of sp³-hybridized carbons (Fsp3) is 0.316. The molecule has 1 unspecified atom stereocenters. The molecule has 1 aliphatic rings. The lowest BCUT2D eigenvalue weighted by molar-refractivity contribution is -0.120. The van der Waals surface area contributed by atoms with Gasteiger partial charge in [0.1, 0.15) is 0 Å². The summed E-state index contributed by atoms with van der Waals surface area (Å²) in [5.74, 6) is -0.854. The van der Waals surface area contributed by atoms with Crippen molar-refractivity contribution < 1.29 is 13.2 Å². The zero-order valence-corrected chi connectivity index (χ0v) is 19.8. The summed E-state index contributed by atoms with van der Waals surface area (Å²) in [5.41, 5.74) is 1.12. The number of anilines is 1. The molecule has 1 N–H and O–H groups in total. The van der Waals surface area contributed by atoms with Crippen LogP contribution in [0.15, 0.2) is 40.9 Å². The summed E-state index contributed by atoms with van der Waals surface area (Å²) in [6.45, 7) is 0.525. The van der Waals surface area contributed by atoms with E-state index in [4.69, 9.17) is 34.8 Å². The van der Waals surface area contributed by atoms with Gasteiger partial charge in [0.15, 0.2) is 0 Å². The van der Waals surface area contributed by atoms with Crippen molar-refractivity contribution in [1.82, 2.24) is 4.31 Å². The summed E-state index contributed by atoms with van der Waals surface area (Å²) < 4.78 is 27.8. The first-order chi connectivity index (χ1) is 13.7. The molecule has 5 nitrogen and oxygen atoms in total. The molecular weight excluding hydrogens is 523 g/mol. The Labute approximate surface area is 193 Å². The standard InChI is InChI=1S/C19H18BrCl3N2O3S/c20-15-5-4-14(9-17(15)22)24-19(26)13-2-1-7-25(10-13)29(27,28)11-12-3-6-16(21)18(23)8-12/h3-6,8-9,13H,1-2,7,10-11H2,(H,24,26). The lowest BCUT2D eigenvalue weighted by Crippen LogP contribution is -2.44. The second-order valence-corrected chi connectivity index (χ2v) is 10.9. The molecule has 1 atom stereocenters. The van der Waals surface area contributed by atoms with Crippen LogP contribution < -0.4 is 5.32 Å². The minimum absolute atomic E-state index is 0.139. The van der Waals surface area contributed by atoms with E-state index in [0.717, 1.165) is 4.47 Å². The van der Waals surface area contributed by atoms with E-state index in [1.807, 2.05) is 0 Å². The van der Waals surface area contributed by atoms with Crippen molar-refractivity contribution in [1.29, 1.82) is 0 Å². The Bertz CT molecular complexity index is 1030. The Balaban J connectivity index is 1.67. The lowest BCUT2D eigenvalue weighted by atomic mass is 9.99. The Hall–Kier alpha value is -0.830. The summed E-state index contributed by atoms with van der Waals surface area (Å²) in [7, 11) is -3.59. The van der Waals surface area contributed by atoms with E-state index in [-0.39, 0.29) is 18.2 Å². The molecule has 156 valence electrons. The molecule has 0 radical (unpaired) electrons. The molecular formula is C19H18BrCl3N2O3S. The topological polar surface area (TPSA) is 66.5 Å². The molecule has 2 aromatic carbocycles. The summed E-state index contributed by atoms with van der Waals surface area (Å²) in [6, 6.07) is 9.88. The Morgan fingerprint density at radius 2 is 1.86 bits per heavy atom. The lowest BCUT2D eigenvalue weighted by Gasteiger charge is -2.31. The number of amides is 1. The highest BCUT2D eigenvalue weighted by Gasteiger charge is 2.32. The molecule has 3 rings (SSSR count). The molecule has 1 aliphatic heterocycles. The average Bonchev–Trinajstić information content (AvgIpc) is 2.67. The Morgan fingerprint density at radius 3 is 2.55 bits per heavy atom. The highest BCUT2D eigenvalue weighted by molar-refractivity contribution is 9.10. The van der Waals surface area contributed by atoms with Gasteiger partial charge in [0.2, 0.25) is 15.9 Å². The van der Waals surface area contributed by atoms with Crippen LogP contribution in [0.5, 0.6) is 0 Å². The van der Waals surface area contributed by atoms with E-state index < -0.39 is 15.9 Å². The maximum atomic E-state index is 12.9. The third-order valence-electron chi connectivity index (χ3n) is 4.67. The van der Waals surface area contributed by atoms with Gasteiger partial charge in [-0.1, -0.05) is 40.9 Å². The van der Waals surface area contributed by atoms with E-state index in [0.29, 0.717) is 45.7 Å². The van der Waals surface area contributed by atoms with E-state index in [2.05, 4.69) is 21.2 Å². The number of nitrogens with zero attached hydrogens (tertiary/aromatic N) is 1. The number of hydrogen-bond donors (Lipinski definition) is 1. The Morgan fingerprint density at radius 1 is 1.10 bits per heavy atom. The summed E-state index contributed by atoms with van der Waals surface area (Å²) in [6.07, 6.45) is 1.23. The highest BCUT2D eigenvalue weighted by atomic mass is 79.9. The number of piperidine rings is 1. The monoisotopic (exact) mass is 538 g/mol. The van der Waals surface area contributed by atoms with Crippen molar-refractivity contribution in [3.8, 4) is 0 Å². The van der Waals surface area contributed by atoms with Gasteiger partial charge >= 0.3 is 0 Å². The van der Waals surface area contributed by atoms with E-state index in [1.165, 1.54) is 4.31 Å². The van der Waals surface area contributed by atoms with Crippen LogP contribution in [0.2, 0.25) is 15.1 Å². The second kappa shape index (κ2) is 9.54. The molecule has 1 saturated heterocycles. The van der Waals surface area contributed by atoms with Gasteiger partial charge in [0, 0.05) is 23.2 Å². The van der Waals surface area contributed by atoms with Crippen LogP contribution in [0.1, 0.15) is 18.4 Å². The number of carbonyl (C=O) groups excluding carboxylic acids is 1. The van der Waals surface area contributed by atoms with Crippen molar-refractivity contribution in [3.63, 3.8) is 0 Å². The van der Waals surface area contributed by atoms with Crippen molar-refractivity contribution in [2.45, 2.75) is 18.6 Å². The maximum Gasteiger partial charge on any atom is 0.228 e. The van der Waals surface area contributed by atoms with Crippen LogP contribution in [0, 0.1) is 5.92 Å². The molecule has 10 heteroatoms. The van der Waals surface area contributed by atoms with E-state index >= 15 is 0 Å². The van der Waals surface area contributed by atoms with Crippen LogP contribution in [-0.2, 0) is 20.6 Å². The van der Waals surface area contributed by atoms with Crippen LogP contribution >= 0.6 is 50.7 Å². The minimum Gasteiger partial charge on any atom is -0.326 e. The van der Waals surface area contributed by atoms with Gasteiger partial charge in [0.05, 0.1) is 26.7 Å². The number of sulfonamides is 1. The zero-order valence-electron chi connectivity index (χ0n) is 15.2. The number of hydrogen-bond acceptors (Lipinski definition) is 3. The van der Waals surface area contributed by atoms with Gasteiger partial charge in [-0.15, -0.1) is 0 Å². The van der Waals surface area contributed by atoms with Gasteiger partial charge < -0.3 is 5.32 Å². The predicted octanol–water partition coefficient (Wildman–Crippen LogP) is 5.59. The summed E-state index contributed by atoms with van der Waals surface area (Å²) >= 11 is 21.2. The number of halogens is 4. The number of benzene rings is 2. The molecule has 0 aromatic heterocycles. The van der Waals surface area contributed by atoms with Crippen LogP contribution in [0.3, 0.4) is 0 Å². The number of nitrogens with one attached hydrogen (secondary N) is 1. The smallest absolute Gasteiger partial charge is 0.228 e. The second-order valence-electron chi connectivity index (χ2n) is 6.82. The predicted molar refractivity (Wildman–Crippen MR) is 121 cm³/mol. The number of carbonyl (C=O) groups is 1. The quantitative estimate of drug-likeness (QED) is 0.538. The molecule has 1 amide bonds. The Kier molecular flexibility index (Phi) is 7.51. The van der Waals surface area contributed by atoms with Crippen molar-refractivity contribution in [2.24, 2.45) is 5.92 Å². The molecule has 1 heterocycles. The zero-order chi connectivity index (χ0) is 21.2. The normalized spacial score (nSPS) is 17.9. The van der Waals surface area contributed by atoms with Crippen LogP contribution in [0.25, 0.3) is 0 Å². The molecule has 2 aromatic rings. The van der Waals surface area contributed by atoms with E-state index in [1.54, 1.807) is 36.4 Å². The minimum atomic E-state index is -3.59. The first-order valence-electron chi connectivity index (χ1n) is 8.83. The first kappa shape index (κ1) is 22.8. The third kappa shape index (κ3) is 5.87. The largest absolute Gasteiger partial charge is 0.326 e. The van der Waals surface area contributed by atoms with Gasteiger partial charge in [-0.05, 0) is 64.7 Å². The van der Waals surface area contributed by atoms with Crippen molar-refractivity contribution in [3.05, 3.63) is 61.5 Å². The van der Waals surface area contributed by atoms with Gasteiger partial charge in [-0.25, -0.2) is 12.7 Å². The molecule has 29 heavy (non-hydrogen) atoms. The summed E-state index contributed by atoms with van der Waals surface area (Å²) in [5, 5.41) is 3.98. The molecule has 0 saturated carbocycles. The first-order valence-corrected chi connectivity index (χ1v) is 12.4. The molecule has 0 bridgehead atoms. The van der Waals surface area contributed by atoms with Gasteiger partial charge in [-0.3, -0.25) is 4.79 Å². The van der Waals surface area contributed by atoms with Crippen molar-refractivity contribution in [2.75, 3.05) is 18.4 Å². The van der Waals surface area contributed by atoms with Crippen molar-refractivity contribution >= 4 is 72.4 Å².